The zero-order valence-corrected chi connectivity index (χ0v) is 13.7. The van der Waals surface area contributed by atoms with E-state index in [1.165, 1.54) is 5.56 Å². The van der Waals surface area contributed by atoms with E-state index in [0.717, 1.165) is 19.0 Å². The van der Waals surface area contributed by atoms with E-state index in [2.05, 4.69) is 27.8 Å². The van der Waals surface area contributed by atoms with Gasteiger partial charge in [0.2, 0.25) is 5.91 Å². The molecule has 1 aliphatic heterocycles. The van der Waals surface area contributed by atoms with Crippen LogP contribution in [0.2, 0.25) is 0 Å². The van der Waals surface area contributed by atoms with E-state index in [4.69, 9.17) is 0 Å². The minimum atomic E-state index is 0.113. The number of rotatable bonds is 5. The summed E-state index contributed by atoms with van der Waals surface area (Å²) >= 11 is 0. The van der Waals surface area contributed by atoms with Crippen molar-refractivity contribution in [3.8, 4) is 0 Å². The van der Waals surface area contributed by atoms with Gasteiger partial charge < -0.3 is 15.5 Å². The summed E-state index contributed by atoms with van der Waals surface area (Å²) in [6.45, 7) is 6.40. The highest BCUT2D eigenvalue weighted by Crippen LogP contribution is 2.36. The maximum atomic E-state index is 12.1. The van der Waals surface area contributed by atoms with Crippen molar-refractivity contribution in [2.75, 3.05) is 26.7 Å². The molecule has 5 heteroatoms. The Kier molecular flexibility index (Phi) is 5.81. The van der Waals surface area contributed by atoms with Crippen LogP contribution in [0.5, 0.6) is 0 Å². The lowest BCUT2D eigenvalue weighted by atomic mass is 9.94. The van der Waals surface area contributed by atoms with Gasteiger partial charge in [-0.1, -0.05) is 30.3 Å². The molecule has 120 valence electrons. The molecule has 1 fully saturated rings. The largest absolute Gasteiger partial charge is 0.357 e. The lowest BCUT2D eigenvalue weighted by Crippen LogP contribution is -2.37. The molecule has 0 saturated carbocycles. The number of amides is 1. The van der Waals surface area contributed by atoms with Gasteiger partial charge in [0.25, 0.3) is 0 Å². The lowest BCUT2D eigenvalue weighted by Gasteiger charge is -2.24. The van der Waals surface area contributed by atoms with E-state index in [1.807, 2.05) is 44.0 Å². The number of carbonyl (C=O) groups excluding carboxylic acids is 1. The Bertz CT molecular complexity index is 507. The molecule has 0 radical (unpaired) electrons. The number of nitrogens with zero attached hydrogens (tertiary/aromatic N) is 2. The van der Waals surface area contributed by atoms with Crippen LogP contribution < -0.4 is 10.6 Å². The van der Waals surface area contributed by atoms with Crippen LogP contribution >= 0.6 is 0 Å². The zero-order chi connectivity index (χ0) is 15.9. The fourth-order valence-electron chi connectivity index (χ4n) is 2.98. The molecule has 1 aromatic rings. The van der Waals surface area contributed by atoms with E-state index in [-0.39, 0.29) is 17.9 Å². The molecule has 2 atom stereocenters. The van der Waals surface area contributed by atoms with Crippen LogP contribution in [0.3, 0.4) is 0 Å². The van der Waals surface area contributed by atoms with Gasteiger partial charge in [-0.05, 0) is 19.4 Å². The first-order valence-corrected chi connectivity index (χ1v) is 8.00. The summed E-state index contributed by atoms with van der Waals surface area (Å²) in [4.78, 5) is 18.6. The van der Waals surface area contributed by atoms with Crippen LogP contribution in [0.1, 0.15) is 31.9 Å². The minimum Gasteiger partial charge on any atom is -0.357 e. The minimum absolute atomic E-state index is 0.113. The molecule has 1 amide bonds. The smallest absolute Gasteiger partial charge is 0.223 e. The molecule has 22 heavy (non-hydrogen) atoms. The number of likely N-dealkylation sites (tertiary alicyclic amines) is 1. The average molecular weight is 302 g/mol. The fourth-order valence-corrected chi connectivity index (χ4v) is 2.98. The molecule has 0 aliphatic carbocycles. The molecule has 0 aromatic heterocycles. The lowest BCUT2D eigenvalue weighted by molar-refractivity contribution is -0.127. The first-order chi connectivity index (χ1) is 10.7. The van der Waals surface area contributed by atoms with Crippen LogP contribution in [-0.2, 0) is 4.79 Å². The van der Waals surface area contributed by atoms with Crippen LogP contribution in [0.25, 0.3) is 0 Å². The normalized spacial score (nSPS) is 20.9. The van der Waals surface area contributed by atoms with Gasteiger partial charge in [-0.15, -0.1) is 0 Å². The third-order valence-corrected chi connectivity index (χ3v) is 4.01. The third kappa shape index (κ3) is 3.78. The number of nitrogens with one attached hydrogen (secondary N) is 2. The molecule has 1 saturated heterocycles. The first kappa shape index (κ1) is 16.3. The SMILES string of the molecule is CCNC(=NCC1CC(=O)N(C)C1c1ccccc1)NCC. The summed E-state index contributed by atoms with van der Waals surface area (Å²) in [6, 6.07) is 10.3. The fraction of sp³-hybridized carbons (Fsp3) is 0.529. The molecule has 1 heterocycles. The molecule has 2 unspecified atom stereocenters. The summed E-state index contributed by atoms with van der Waals surface area (Å²) in [5.74, 6) is 1.23. The number of carbonyl (C=O) groups is 1. The third-order valence-electron chi connectivity index (χ3n) is 4.01. The van der Waals surface area contributed by atoms with Crippen molar-refractivity contribution >= 4 is 11.9 Å². The quantitative estimate of drug-likeness (QED) is 0.644. The number of aliphatic imine (C=N–C) groups is 1. The van der Waals surface area contributed by atoms with Crippen LogP contribution in [0.15, 0.2) is 35.3 Å². The van der Waals surface area contributed by atoms with Crippen LogP contribution in [0.4, 0.5) is 0 Å². The zero-order valence-electron chi connectivity index (χ0n) is 13.7. The summed E-state index contributed by atoms with van der Waals surface area (Å²) in [6.07, 6.45) is 0.561. The van der Waals surface area contributed by atoms with Crippen molar-refractivity contribution in [2.45, 2.75) is 26.3 Å². The highest BCUT2D eigenvalue weighted by molar-refractivity contribution is 5.81. The van der Waals surface area contributed by atoms with E-state index < -0.39 is 0 Å². The summed E-state index contributed by atoms with van der Waals surface area (Å²) in [7, 11) is 1.89. The van der Waals surface area contributed by atoms with Crippen LogP contribution in [-0.4, -0.2) is 43.4 Å². The molecular formula is C17H26N4O. The van der Waals surface area contributed by atoms with Crippen molar-refractivity contribution in [3.63, 3.8) is 0 Å². The Morgan fingerprint density at radius 2 is 1.86 bits per heavy atom. The van der Waals surface area contributed by atoms with Crippen molar-refractivity contribution in [1.82, 2.24) is 15.5 Å². The van der Waals surface area contributed by atoms with Gasteiger partial charge >= 0.3 is 0 Å². The Hall–Kier alpha value is -2.04. The summed E-state index contributed by atoms with van der Waals surface area (Å²) < 4.78 is 0. The first-order valence-electron chi connectivity index (χ1n) is 8.00. The maximum Gasteiger partial charge on any atom is 0.223 e. The highest BCUT2D eigenvalue weighted by Gasteiger charge is 2.38. The second kappa shape index (κ2) is 7.82. The van der Waals surface area contributed by atoms with Gasteiger partial charge in [0.15, 0.2) is 5.96 Å². The van der Waals surface area contributed by atoms with E-state index in [9.17, 15) is 4.79 Å². The van der Waals surface area contributed by atoms with Gasteiger partial charge in [-0.3, -0.25) is 9.79 Å². The van der Waals surface area contributed by atoms with Crippen molar-refractivity contribution < 1.29 is 4.79 Å². The maximum absolute atomic E-state index is 12.1. The number of benzene rings is 1. The monoisotopic (exact) mass is 302 g/mol. The molecule has 1 aromatic carbocycles. The number of guanidine groups is 1. The molecule has 5 nitrogen and oxygen atoms in total. The Morgan fingerprint density at radius 3 is 2.45 bits per heavy atom. The second-order valence-electron chi connectivity index (χ2n) is 5.57. The molecule has 2 rings (SSSR count). The predicted molar refractivity (Wildman–Crippen MR) is 89.7 cm³/mol. The van der Waals surface area contributed by atoms with E-state index >= 15 is 0 Å². The van der Waals surface area contributed by atoms with E-state index in [0.29, 0.717) is 13.0 Å². The summed E-state index contributed by atoms with van der Waals surface area (Å²) in [5.41, 5.74) is 1.18. The van der Waals surface area contributed by atoms with Crippen molar-refractivity contribution in [1.29, 1.82) is 0 Å². The molecule has 1 aliphatic rings. The molecule has 0 bridgehead atoms. The Labute approximate surface area is 132 Å². The Balaban J connectivity index is 2.14. The predicted octanol–water partition coefficient (Wildman–Crippen LogP) is 1.78. The molecule has 2 N–H and O–H groups in total. The van der Waals surface area contributed by atoms with Gasteiger partial charge in [-0.2, -0.15) is 0 Å². The topological polar surface area (TPSA) is 56.7 Å². The van der Waals surface area contributed by atoms with Crippen LogP contribution in [0, 0.1) is 5.92 Å². The standard InChI is InChI=1S/C17H26N4O/c1-4-18-17(19-5-2)20-12-14-11-15(22)21(3)16(14)13-9-7-6-8-10-13/h6-10,14,16H,4-5,11-12H2,1-3H3,(H2,18,19,20). The van der Waals surface area contributed by atoms with Gasteiger partial charge in [0.1, 0.15) is 0 Å². The summed E-state index contributed by atoms with van der Waals surface area (Å²) in [5, 5.41) is 6.45. The highest BCUT2D eigenvalue weighted by atomic mass is 16.2. The average Bonchev–Trinajstić information content (AvgIpc) is 2.81. The molecular weight excluding hydrogens is 276 g/mol. The van der Waals surface area contributed by atoms with Gasteiger partial charge in [-0.25, -0.2) is 0 Å². The van der Waals surface area contributed by atoms with Gasteiger partial charge in [0, 0.05) is 39.0 Å². The van der Waals surface area contributed by atoms with Gasteiger partial charge in [0.05, 0.1) is 6.04 Å². The van der Waals surface area contributed by atoms with Crippen molar-refractivity contribution in [3.05, 3.63) is 35.9 Å². The van der Waals surface area contributed by atoms with E-state index in [1.54, 1.807) is 0 Å². The number of hydrogen-bond acceptors (Lipinski definition) is 2. The number of hydrogen-bond donors (Lipinski definition) is 2. The molecule has 0 spiro atoms. The Morgan fingerprint density at radius 1 is 1.23 bits per heavy atom. The second-order valence-corrected chi connectivity index (χ2v) is 5.57. The van der Waals surface area contributed by atoms with Crippen molar-refractivity contribution in [2.24, 2.45) is 10.9 Å².